The van der Waals surface area contributed by atoms with Gasteiger partial charge in [-0.05, 0) is 11.6 Å². The van der Waals surface area contributed by atoms with Gasteiger partial charge in [0, 0.05) is 25.8 Å². The average molecular weight is 243 g/mol. The lowest BCUT2D eigenvalue weighted by Crippen LogP contribution is -2.43. The van der Waals surface area contributed by atoms with E-state index >= 15 is 0 Å². The van der Waals surface area contributed by atoms with Crippen molar-refractivity contribution < 1.29 is 9.84 Å². The van der Waals surface area contributed by atoms with Gasteiger partial charge in [-0.1, -0.05) is 17.7 Å². The molecule has 1 aromatic rings. The molecule has 1 aliphatic rings. The Balaban J connectivity index is 1.91. The van der Waals surface area contributed by atoms with Gasteiger partial charge in [-0.3, -0.25) is 4.90 Å². The van der Waals surface area contributed by atoms with Crippen LogP contribution in [0.25, 0.3) is 0 Å². The summed E-state index contributed by atoms with van der Waals surface area (Å²) in [4.78, 5) is 6.29. The van der Waals surface area contributed by atoms with Crippen LogP contribution in [-0.4, -0.2) is 47.4 Å². The molecule has 1 fully saturated rings. The summed E-state index contributed by atoms with van der Waals surface area (Å²) in [7, 11) is 0. The van der Waals surface area contributed by atoms with Crippen LogP contribution in [0.1, 0.15) is 5.56 Å². The molecule has 2 heterocycles. The van der Waals surface area contributed by atoms with Crippen molar-refractivity contribution in [3.05, 3.63) is 29.0 Å². The van der Waals surface area contributed by atoms with Gasteiger partial charge in [0.05, 0.1) is 19.3 Å². The SMILES string of the molecule is OCC1CN(Cc2ccc(Cl)nc2)CCO1. The number of pyridine rings is 1. The monoisotopic (exact) mass is 242 g/mol. The van der Waals surface area contributed by atoms with Gasteiger partial charge in [-0.25, -0.2) is 4.98 Å². The lowest BCUT2D eigenvalue weighted by molar-refractivity contribution is -0.0551. The van der Waals surface area contributed by atoms with Crippen molar-refractivity contribution in [2.24, 2.45) is 0 Å². The van der Waals surface area contributed by atoms with E-state index in [1.165, 1.54) is 0 Å². The van der Waals surface area contributed by atoms with E-state index in [2.05, 4.69) is 9.88 Å². The molecule has 5 heteroatoms. The maximum atomic E-state index is 9.03. The number of hydrogen-bond acceptors (Lipinski definition) is 4. The number of morpholine rings is 1. The molecule has 1 aromatic heterocycles. The Morgan fingerprint density at radius 2 is 2.44 bits per heavy atom. The second-order valence-electron chi connectivity index (χ2n) is 3.90. The van der Waals surface area contributed by atoms with Gasteiger partial charge in [-0.15, -0.1) is 0 Å². The highest BCUT2D eigenvalue weighted by molar-refractivity contribution is 6.29. The number of hydrogen-bond donors (Lipinski definition) is 1. The summed E-state index contributed by atoms with van der Waals surface area (Å²) in [5.41, 5.74) is 1.13. The van der Waals surface area contributed by atoms with Crippen molar-refractivity contribution in [1.82, 2.24) is 9.88 Å². The van der Waals surface area contributed by atoms with Gasteiger partial charge in [0.2, 0.25) is 0 Å². The first-order valence-corrected chi connectivity index (χ1v) is 5.71. The van der Waals surface area contributed by atoms with Gasteiger partial charge < -0.3 is 9.84 Å². The molecule has 1 unspecified atom stereocenters. The topological polar surface area (TPSA) is 45.6 Å². The predicted octanol–water partition coefficient (Wildman–Crippen LogP) is 0.928. The molecule has 0 bridgehead atoms. The number of rotatable bonds is 3. The lowest BCUT2D eigenvalue weighted by atomic mass is 10.2. The second-order valence-corrected chi connectivity index (χ2v) is 4.29. The maximum absolute atomic E-state index is 9.03. The van der Waals surface area contributed by atoms with Gasteiger partial charge >= 0.3 is 0 Å². The Kier molecular flexibility index (Phi) is 4.12. The third-order valence-corrected chi connectivity index (χ3v) is 2.84. The summed E-state index contributed by atoms with van der Waals surface area (Å²) in [5.74, 6) is 0. The molecule has 0 aromatic carbocycles. The van der Waals surface area contributed by atoms with E-state index in [-0.39, 0.29) is 12.7 Å². The van der Waals surface area contributed by atoms with Crippen molar-refractivity contribution in [2.45, 2.75) is 12.6 Å². The number of halogens is 1. The quantitative estimate of drug-likeness (QED) is 0.801. The van der Waals surface area contributed by atoms with Gasteiger partial charge in [0.1, 0.15) is 5.15 Å². The first kappa shape index (κ1) is 11.8. The fourth-order valence-corrected chi connectivity index (χ4v) is 1.90. The molecule has 88 valence electrons. The van der Waals surface area contributed by atoms with E-state index in [9.17, 15) is 0 Å². The summed E-state index contributed by atoms with van der Waals surface area (Å²) in [6, 6.07) is 3.76. The number of ether oxygens (including phenoxy) is 1. The van der Waals surface area contributed by atoms with Crippen molar-refractivity contribution in [3.63, 3.8) is 0 Å². The third-order valence-electron chi connectivity index (χ3n) is 2.62. The Morgan fingerprint density at radius 1 is 1.56 bits per heavy atom. The number of nitrogens with zero attached hydrogens (tertiary/aromatic N) is 2. The minimum absolute atomic E-state index is 0.0611. The van der Waals surface area contributed by atoms with Crippen molar-refractivity contribution in [3.8, 4) is 0 Å². The van der Waals surface area contributed by atoms with E-state index in [4.69, 9.17) is 21.4 Å². The number of aliphatic hydroxyl groups is 1. The molecule has 4 nitrogen and oxygen atoms in total. The molecule has 0 radical (unpaired) electrons. The molecule has 0 amide bonds. The van der Waals surface area contributed by atoms with Crippen molar-refractivity contribution >= 4 is 11.6 Å². The van der Waals surface area contributed by atoms with E-state index in [0.717, 1.165) is 25.2 Å². The zero-order valence-corrected chi connectivity index (χ0v) is 9.73. The van der Waals surface area contributed by atoms with Crippen LogP contribution in [0.5, 0.6) is 0 Å². The minimum atomic E-state index is -0.0611. The Hall–Kier alpha value is -0.680. The average Bonchev–Trinajstić information content (AvgIpc) is 2.32. The Bertz CT molecular complexity index is 331. The van der Waals surface area contributed by atoms with Crippen LogP contribution in [0, 0.1) is 0 Å². The Morgan fingerprint density at radius 3 is 3.12 bits per heavy atom. The number of aromatic nitrogens is 1. The van der Waals surface area contributed by atoms with Crippen LogP contribution >= 0.6 is 11.6 Å². The van der Waals surface area contributed by atoms with Gasteiger partial charge in [-0.2, -0.15) is 0 Å². The first-order chi connectivity index (χ1) is 7.78. The van der Waals surface area contributed by atoms with E-state index in [1.54, 1.807) is 12.3 Å². The minimum Gasteiger partial charge on any atom is -0.394 e. The van der Waals surface area contributed by atoms with Crippen molar-refractivity contribution in [2.75, 3.05) is 26.3 Å². The molecule has 1 N–H and O–H groups in total. The largest absolute Gasteiger partial charge is 0.394 e. The highest BCUT2D eigenvalue weighted by atomic mass is 35.5. The summed E-state index contributed by atoms with van der Waals surface area (Å²) < 4.78 is 5.39. The van der Waals surface area contributed by atoms with E-state index in [0.29, 0.717) is 11.8 Å². The van der Waals surface area contributed by atoms with Crippen LogP contribution in [0.4, 0.5) is 0 Å². The highest BCUT2D eigenvalue weighted by Crippen LogP contribution is 2.11. The number of aliphatic hydroxyl groups excluding tert-OH is 1. The third kappa shape index (κ3) is 3.15. The zero-order valence-electron chi connectivity index (χ0n) is 8.97. The fraction of sp³-hybridized carbons (Fsp3) is 0.545. The summed E-state index contributed by atoms with van der Waals surface area (Å²) in [5, 5.41) is 9.54. The first-order valence-electron chi connectivity index (χ1n) is 5.33. The molecule has 1 atom stereocenters. The molecule has 0 saturated carbocycles. The van der Waals surface area contributed by atoms with Gasteiger partial charge in [0.25, 0.3) is 0 Å². The fourth-order valence-electron chi connectivity index (χ4n) is 1.79. The molecule has 0 spiro atoms. The van der Waals surface area contributed by atoms with E-state index in [1.807, 2.05) is 6.07 Å². The van der Waals surface area contributed by atoms with Crippen LogP contribution < -0.4 is 0 Å². The standard InChI is InChI=1S/C11H15ClN2O2/c12-11-2-1-9(5-13-11)6-14-3-4-16-10(7-14)8-15/h1-2,5,10,15H,3-4,6-8H2. The van der Waals surface area contributed by atoms with Crippen LogP contribution in [-0.2, 0) is 11.3 Å². The predicted molar refractivity (Wildman–Crippen MR) is 61.3 cm³/mol. The molecular formula is C11H15ClN2O2. The summed E-state index contributed by atoms with van der Waals surface area (Å²) in [6.45, 7) is 3.23. The molecule has 0 aliphatic carbocycles. The van der Waals surface area contributed by atoms with E-state index < -0.39 is 0 Å². The van der Waals surface area contributed by atoms with Crippen LogP contribution in [0.15, 0.2) is 18.3 Å². The normalized spacial score (nSPS) is 22.2. The van der Waals surface area contributed by atoms with Crippen LogP contribution in [0.2, 0.25) is 5.15 Å². The lowest BCUT2D eigenvalue weighted by Gasteiger charge is -2.31. The maximum Gasteiger partial charge on any atom is 0.129 e. The molecule has 1 aliphatic heterocycles. The molecule has 1 saturated heterocycles. The Labute approximate surface area is 99.8 Å². The van der Waals surface area contributed by atoms with Gasteiger partial charge in [0.15, 0.2) is 0 Å². The molecule has 16 heavy (non-hydrogen) atoms. The zero-order chi connectivity index (χ0) is 11.4. The summed E-state index contributed by atoms with van der Waals surface area (Å²) >= 11 is 5.72. The summed E-state index contributed by atoms with van der Waals surface area (Å²) in [6.07, 6.45) is 1.72. The van der Waals surface area contributed by atoms with Crippen LogP contribution in [0.3, 0.4) is 0 Å². The molecular weight excluding hydrogens is 228 g/mol. The molecule has 2 rings (SSSR count). The second kappa shape index (κ2) is 5.59. The smallest absolute Gasteiger partial charge is 0.129 e. The van der Waals surface area contributed by atoms with Crippen molar-refractivity contribution in [1.29, 1.82) is 0 Å². The highest BCUT2D eigenvalue weighted by Gasteiger charge is 2.19.